The Morgan fingerprint density at radius 1 is 1.44 bits per heavy atom. The Balaban J connectivity index is 1.78. The molecule has 0 radical (unpaired) electrons. The van der Waals surface area contributed by atoms with E-state index in [1.54, 1.807) is 11.8 Å². The second-order valence-electron chi connectivity index (χ2n) is 3.47. The molecular formula is C9H14N4O3. The number of carbonyl (C=O) groups is 1. The first-order valence-electron chi connectivity index (χ1n) is 5.15. The van der Waals surface area contributed by atoms with E-state index < -0.39 is 0 Å². The van der Waals surface area contributed by atoms with Gasteiger partial charge in [-0.2, -0.15) is 0 Å². The van der Waals surface area contributed by atoms with Crippen molar-refractivity contribution in [3.05, 3.63) is 11.8 Å². The number of aromatic nitrogens is 2. The SMILES string of the molecule is Cc1nnc(CNC(=O)N2CCOCC2)o1. The van der Waals surface area contributed by atoms with E-state index in [2.05, 4.69) is 15.5 Å². The molecule has 88 valence electrons. The lowest BCUT2D eigenvalue weighted by Gasteiger charge is -2.26. The summed E-state index contributed by atoms with van der Waals surface area (Å²) in [5.74, 6) is 0.912. The number of hydrogen-bond acceptors (Lipinski definition) is 5. The van der Waals surface area contributed by atoms with Crippen LogP contribution in [-0.4, -0.2) is 47.4 Å². The summed E-state index contributed by atoms with van der Waals surface area (Å²) in [4.78, 5) is 13.3. The summed E-state index contributed by atoms with van der Waals surface area (Å²) in [5, 5.41) is 10.2. The van der Waals surface area contributed by atoms with Crippen LogP contribution in [-0.2, 0) is 11.3 Å². The minimum absolute atomic E-state index is 0.126. The fourth-order valence-electron chi connectivity index (χ4n) is 1.44. The maximum absolute atomic E-state index is 11.6. The molecule has 0 unspecified atom stereocenters. The number of morpholine rings is 1. The number of rotatable bonds is 2. The first-order valence-corrected chi connectivity index (χ1v) is 5.15. The Bertz CT molecular complexity index is 359. The number of carbonyl (C=O) groups excluding carboxylic acids is 1. The molecule has 0 aromatic carbocycles. The topological polar surface area (TPSA) is 80.5 Å². The molecule has 2 rings (SSSR count). The third kappa shape index (κ3) is 2.69. The molecule has 1 aromatic rings. The van der Waals surface area contributed by atoms with Gasteiger partial charge in [-0.05, 0) is 0 Å². The summed E-state index contributed by atoms with van der Waals surface area (Å²) in [6, 6.07) is -0.126. The molecule has 0 atom stereocenters. The lowest BCUT2D eigenvalue weighted by molar-refractivity contribution is 0.0530. The van der Waals surface area contributed by atoms with E-state index in [9.17, 15) is 4.79 Å². The van der Waals surface area contributed by atoms with Crippen molar-refractivity contribution in [3.8, 4) is 0 Å². The highest BCUT2D eigenvalue weighted by Gasteiger charge is 2.16. The normalized spacial score (nSPS) is 16.2. The van der Waals surface area contributed by atoms with E-state index in [1.165, 1.54) is 0 Å². The summed E-state index contributed by atoms with van der Waals surface area (Å²) in [6.45, 7) is 4.39. The van der Waals surface area contributed by atoms with Gasteiger partial charge >= 0.3 is 6.03 Å². The van der Waals surface area contributed by atoms with E-state index >= 15 is 0 Å². The van der Waals surface area contributed by atoms with Crippen molar-refractivity contribution in [2.45, 2.75) is 13.5 Å². The average Bonchev–Trinajstić information content (AvgIpc) is 2.73. The first-order chi connectivity index (χ1) is 7.75. The Labute approximate surface area is 92.8 Å². The van der Waals surface area contributed by atoms with Crippen molar-refractivity contribution in [2.75, 3.05) is 26.3 Å². The predicted molar refractivity (Wildman–Crippen MR) is 53.7 cm³/mol. The molecule has 0 saturated carbocycles. The predicted octanol–water partition coefficient (Wildman–Crippen LogP) is -0.0802. The molecule has 2 heterocycles. The van der Waals surface area contributed by atoms with Crippen LogP contribution in [0.3, 0.4) is 0 Å². The van der Waals surface area contributed by atoms with Gasteiger partial charge in [-0.25, -0.2) is 4.79 Å². The van der Waals surface area contributed by atoms with Crippen LogP contribution in [0, 0.1) is 6.92 Å². The largest absolute Gasteiger partial charge is 0.424 e. The van der Waals surface area contributed by atoms with Gasteiger partial charge in [0.1, 0.15) is 0 Å². The first kappa shape index (κ1) is 10.9. The molecule has 2 amide bonds. The van der Waals surface area contributed by atoms with E-state index in [4.69, 9.17) is 9.15 Å². The van der Waals surface area contributed by atoms with Gasteiger partial charge in [-0.15, -0.1) is 10.2 Å². The highest BCUT2D eigenvalue weighted by atomic mass is 16.5. The minimum atomic E-state index is -0.126. The number of nitrogens with one attached hydrogen (secondary N) is 1. The molecule has 0 spiro atoms. The molecule has 0 bridgehead atoms. The zero-order chi connectivity index (χ0) is 11.4. The monoisotopic (exact) mass is 226 g/mol. The van der Waals surface area contributed by atoms with Crippen molar-refractivity contribution in [3.63, 3.8) is 0 Å². The van der Waals surface area contributed by atoms with Crippen LogP contribution < -0.4 is 5.32 Å². The standard InChI is InChI=1S/C9H14N4O3/c1-7-11-12-8(16-7)6-10-9(14)13-2-4-15-5-3-13/h2-6H2,1H3,(H,10,14). The fourth-order valence-corrected chi connectivity index (χ4v) is 1.44. The van der Waals surface area contributed by atoms with E-state index in [1.807, 2.05) is 0 Å². The summed E-state index contributed by atoms with van der Waals surface area (Å²) in [5.41, 5.74) is 0. The number of aryl methyl sites for hydroxylation is 1. The number of hydrogen-bond donors (Lipinski definition) is 1. The van der Waals surface area contributed by atoms with Crippen LogP contribution in [0.25, 0.3) is 0 Å². The molecule has 1 fully saturated rings. The van der Waals surface area contributed by atoms with E-state index in [0.717, 1.165) is 0 Å². The summed E-state index contributed by atoms with van der Waals surface area (Å²) in [7, 11) is 0. The second-order valence-corrected chi connectivity index (χ2v) is 3.47. The third-order valence-electron chi connectivity index (χ3n) is 2.26. The van der Waals surface area contributed by atoms with E-state index in [-0.39, 0.29) is 12.6 Å². The van der Waals surface area contributed by atoms with Crippen molar-refractivity contribution >= 4 is 6.03 Å². The zero-order valence-corrected chi connectivity index (χ0v) is 9.10. The van der Waals surface area contributed by atoms with Crippen molar-refractivity contribution in [1.29, 1.82) is 0 Å². The highest BCUT2D eigenvalue weighted by molar-refractivity contribution is 5.74. The van der Waals surface area contributed by atoms with Crippen LogP contribution in [0.2, 0.25) is 0 Å². The molecular weight excluding hydrogens is 212 g/mol. The van der Waals surface area contributed by atoms with Gasteiger partial charge in [0, 0.05) is 20.0 Å². The molecule has 1 aromatic heterocycles. The van der Waals surface area contributed by atoms with Crippen molar-refractivity contribution < 1.29 is 13.9 Å². The Kier molecular flexibility index (Phi) is 3.35. The van der Waals surface area contributed by atoms with Gasteiger partial charge < -0.3 is 19.4 Å². The van der Waals surface area contributed by atoms with E-state index in [0.29, 0.717) is 38.1 Å². The zero-order valence-electron chi connectivity index (χ0n) is 9.10. The van der Waals surface area contributed by atoms with Gasteiger partial charge in [-0.3, -0.25) is 0 Å². The summed E-state index contributed by atoms with van der Waals surface area (Å²) >= 11 is 0. The molecule has 1 saturated heterocycles. The lowest BCUT2D eigenvalue weighted by Crippen LogP contribution is -2.45. The van der Waals surface area contributed by atoms with Crippen LogP contribution in [0.15, 0.2) is 4.42 Å². The van der Waals surface area contributed by atoms with Crippen LogP contribution >= 0.6 is 0 Å². The fraction of sp³-hybridized carbons (Fsp3) is 0.667. The molecule has 1 aliphatic rings. The van der Waals surface area contributed by atoms with Gasteiger partial charge in [-0.1, -0.05) is 0 Å². The maximum Gasteiger partial charge on any atom is 0.317 e. The van der Waals surface area contributed by atoms with Gasteiger partial charge in [0.2, 0.25) is 11.8 Å². The Morgan fingerprint density at radius 3 is 2.81 bits per heavy atom. The molecule has 1 N–H and O–H groups in total. The molecule has 1 aliphatic heterocycles. The molecule has 7 nitrogen and oxygen atoms in total. The summed E-state index contributed by atoms with van der Waals surface area (Å²) < 4.78 is 10.3. The lowest BCUT2D eigenvalue weighted by atomic mass is 10.4. The van der Waals surface area contributed by atoms with Crippen LogP contribution in [0.5, 0.6) is 0 Å². The Hall–Kier alpha value is -1.63. The number of nitrogens with zero attached hydrogens (tertiary/aromatic N) is 3. The van der Waals surface area contributed by atoms with Gasteiger partial charge in [0.05, 0.1) is 19.8 Å². The van der Waals surface area contributed by atoms with Gasteiger partial charge in [0.15, 0.2) is 0 Å². The van der Waals surface area contributed by atoms with Crippen molar-refractivity contribution in [2.24, 2.45) is 0 Å². The summed E-state index contributed by atoms with van der Waals surface area (Å²) in [6.07, 6.45) is 0. The van der Waals surface area contributed by atoms with Crippen LogP contribution in [0.4, 0.5) is 4.79 Å². The number of ether oxygens (including phenoxy) is 1. The highest BCUT2D eigenvalue weighted by Crippen LogP contribution is 2.00. The van der Waals surface area contributed by atoms with Crippen molar-refractivity contribution in [1.82, 2.24) is 20.4 Å². The Morgan fingerprint density at radius 2 is 2.19 bits per heavy atom. The average molecular weight is 226 g/mol. The van der Waals surface area contributed by atoms with Gasteiger partial charge in [0.25, 0.3) is 0 Å². The smallest absolute Gasteiger partial charge is 0.317 e. The molecule has 0 aliphatic carbocycles. The molecule has 7 heteroatoms. The van der Waals surface area contributed by atoms with Crippen LogP contribution in [0.1, 0.15) is 11.8 Å². The quantitative estimate of drug-likeness (QED) is 0.762. The minimum Gasteiger partial charge on any atom is -0.424 e. The second kappa shape index (κ2) is 4.93. The number of amides is 2. The third-order valence-corrected chi connectivity index (χ3v) is 2.26. The maximum atomic E-state index is 11.6. The number of urea groups is 1. The molecule has 16 heavy (non-hydrogen) atoms.